The van der Waals surface area contributed by atoms with Crippen LogP contribution in [-0.2, 0) is 9.53 Å². The molecule has 0 radical (unpaired) electrons. The third kappa shape index (κ3) is 20.6. The first-order chi connectivity index (χ1) is 12.2. The predicted molar refractivity (Wildman–Crippen MR) is 104 cm³/mol. The fourth-order valence-corrected chi connectivity index (χ4v) is 2.34. The van der Waals surface area contributed by atoms with E-state index < -0.39 is 5.97 Å². The zero-order valence-electron chi connectivity index (χ0n) is 15.7. The van der Waals surface area contributed by atoms with E-state index in [1.807, 2.05) is 18.2 Å². The zero-order chi connectivity index (χ0) is 18.6. The summed E-state index contributed by atoms with van der Waals surface area (Å²) >= 11 is 0. The molecule has 0 bridgehead atoms. The van der Waals surface area contributed by atoms with E-state index in [1.165, 1.54) is 25.7 Å². The van der Waals surface area contributed by atoms with Crippen LogP contribution in [0.15, 0.2) is 36.5 Å². The number of carboxylic acids is 1. The molecule has 0 rings (SSSR count). The Kier molecular flexibility index (Phi) is 17.9. The molecule has 4 heteroatoms. The van der Waals surface area contributed by atoms with Gasteiger partial charge in [-0.1, -0.05) is 69.1 Å². The summed E-state index contributed by atoms with van der Waals surface area (Å²) in [5.74, 6) is -0.899. The number of hydrogen-bond donors (Lipinski definition) is 2. The molecule has 4 nitrogen and oxygen atoms in total. The van der Waals surface area contributed by atoms with Crippen molar-refractivity contribution in [3.05, 3.63) is 36.5 Å². The highest BCUT2D eigenvalue weighted by atomic mass is 16.5. The van der Waals surface area contributed by atoms with Crippen LogP contribution in [-0.4, -0.2) is 35.5 Å². The number of allylic oxidation sites excluding steroid dienone is 4. The number of aliphatic hydroxyl groups is 1. The Bertz CT molecular complexity index is 385. The first-order valence-corrected chi connectivity index (χ1v) is 9.61. The van der Waals surface area contributed by atoms with Crippen molar-refractivity contribution >= 4 is 5.97 Å². The van der Waals surface area contributed by atoms with Gasteiger partial charge in [-0.15, -0.1) is 0 Å². The lowest BCUT2D eigenvalue weighted by Crippen LogP contribution is -2.07. The van der Waals surface area contributed by atoms with E-state index in [1.54, 1.807) is 0 Å². The van der Waals surface area contributed by atoms with Crippen LogP contribution in [0, 0.1) is 0 Å². The summed E-state index contributed by atoms with van der Waals surface area (Å²) in [6.07, 6.45) is 22.6. The van der Waals surface area contributed by atoms with E-state index in [9.17, 15) is 9.90 Å². The van der Waals surface area contributed by atoms with Gasteiger partial charge < -0.3 is 14.9 Å². The molecule has 0 saturated heterocycles. The second-order valence-corrected chi connectivity index (χ2v) is 6.17. The van der Waals surface area contributed by atoms with Crippen LogP contribution in [0.4, 0.5) is 0 Å². The van der Waals surface area contributed by atoms with Crippen LogP contribution in [0.2, 0.25) is 0 Å². The summed E-state index contributed by atoms with van der Waals surface area (Å²) in [6, 6.07) is 0. The monoisotopic (exact) mass is 352 g/mol. The summed E-state index contributed by atoms with van der Waals surface area (Å²) in [5.41, 5.74) is 0. The van der Waals surface area contributed by atoms with E-state index >= 15 is 0 Å². The molecule has 0 saturated carbocycles. The largest absolute Gasteiger partial charge is 0.480 e. The Morgan fingerprint density at radius 1 is 0.960 bits per heavy atom. The second-order valence-electron chi connectivity index (χ2n) is 6.17. The molecule has 0 amide bonds. The highest BCUT2D eigenvalue weighted by molar-refractivity contribution is 5.67. The molecule has 0 fully saturated rings. The minimum Gasteiger partial charge on any atom is -0.480 e. The molecule has 25 heavy (non-hydrogen) atoms. The lowest BCUT2D eigenvalue weighted by Gasteiger charge is -2.02. The SMILES string of the molecule is CC/C=C\CC(O)/C=C\C/C=C\CCCCCCCCOCC(=O)O. The van der Waals surface area contributed by atoms with Crippen molar-refractivity contribution in [3.8, 4) is 0 Å². The maximum atomic E-state index is 10.2. The van der Waals surface area contributed by atoms with Gasteiger partial charge in [-0.2, -0.15) is 0 Å². The van der Waals surface area contributed by atoms with Crippen LogP contribution in [0.25, 0.3) is 0 Å². The topological polar surface area (TPSA) is 66.8 Å². The maximum Gasteiger partial charge on any atom is 0.329 e. The van der Waals surface area contributed by atoms with Crippen LogP contribution in [0.3, 0.4) is 0 Å². The van der Waals surface area contributed by atoms with Crippen molar-refractivity contribution in [3.63, 3.8) is 0 Å². The van der Waals surface area contributed by atoms with Gasteiger partial charge in [0.1, 0.15) is 6.61 Å². The highest BCUT2D eigenvalue weighted by Gasteiger charge is 1.96. The van der Waals surface area contributed by atoms with Gasteiger partial charge in [0.15, 0.2) is 0 Å². The van der Waals surface area contributed by atoms with Gasteiger partial charge >= 0.3 is 5.97 Å². The summed E-state index contributed by atoms with van der Waals surface area (Å²) in [4.78, 5) is 10.2. The van der Waals surface area contributed by atoms with E-state index in [-0.39, 0.29) is 12.7 Å². The van der Waals surface area contributed by atoms with Crippen molar-refractivity contribution in [2.75, 3.05) is 13.2 Å². The normalized spacial score (nSPS) is 13.4. The molecule has 0 heterocycles. The van der Waals surface area contributed by atoms with Gasteiger partial charge in [0.25, 0.3) is 0 Å². The van der Waals surface area contributed by atoms with Crippen molar-refractivity contribution < 1.29 is 19.7 Å². The number of aliphatic carboxylic acids is 1. The number of carboxylic acid groups (broad SMARTS) is 1. The Balaban J connectivity index is 3.32. The molecule has 1 atom stereocenters. The average molecular weight is 353 g/mol. The highest BCUT2D eigenvalue weighted by Crippen LogP contribution is 2.08. The van der Waals surface area contributed by atoms with Crippen LogP contribution < -0.4 is 0 Å². The lowest BCUT2D eigenvalue weighted by molar-refractivity contribution is -0.142. The molecular formula is C21H36O4. The van der Waals surface area contributed by atoms with Crippen LogP contribution in [0.5, 0.6) is 0 Å². The standard InChI is InChI=1S/C21H36O4/c1-2-3-13-16-20(22)17-14-11-9-7-5-4-6-8-10-12-15-18-25-19-21(23)24/h3,7,9,13-14,17,20,22H,2,4-6,8,10-12,15-16,18-19H2,1H3,(H,23,24)/b9-7-,13-3-,17-14-. The third-order valence-corrected chi connectivity index (χ3v) is 3.71. The van der Waals surface area contributed by atoms with Gasteiger partial charge in [0, 0.05) is 6.61 Å². The molecule has 0 spiro atoms. The van der Waals surface area contributed by atoms with Crippen molar-refractivity contribution in [1.29, 1.82) is 0 Å². The number of hydrogen-bond acceptors (Lipinski definition) is 3. The quantitative estimate of drug-likeness (QED) is 0.284. The molecule has 1 unspecified atom stereocenters. The fourth-order valence-electron chi connectivity index (χ4n) is 2.34. The molecule has 0 aromatic heterocycles. The molecule has 0 aliphatic rings. The van der Waals surface area contributed by atoms with E-state index in [2.05, 4.69) is 25.2 Å². The molecule has 144 valence electrons. The molecular weight excluding hydrogens is 316 g/mol. The number of ether oxygens (including phenoxy) is 1. The summed E-state index contributed by atoms with van der Waals surface area (Å²) in [6.45, 7) is 2.45. The van der Waals surface area contributed by atoms with Crippen LogP contribution >= 0.6 is 0 Å². The fraction of sp³-hybridized carbons (Fsp3) is 0.667. The summed E-state index contributed by atoms with van der Waals surface area (Å²) < 4.78 is 4.99. The van der Waals surface area contributed by atoms with Gasteiger partial charge in [-0.3, -0.25) is 0 Å². The van der Waals surface area contributed by atoms with Gasteiger partial charge in [-0.25, -0.2) is 4.79 Å². The average Bonchev–Trinajstić information content (AvgIpc) is 2.58. The van der Waals surface area contributed by atoms with E-state index in [0.717, 1.165) is 32.1 Å². The number of carbonyl (C=O) groups is 1. The Hall–Kier alpha value is -1.39. The zero-order valence-corrected chi connectivity index (χ0v) is 15.7. The van der Waals surface area contributed by atoms with Gasteiger partial charge in [-0.05, 0) is 38.5 Å². The molecule has 2 N–H and O–H groups in total. The smallest absolute Gasteiger partial charge is 0.329 e. The predicted octanol–water partition coefficient (Wildman–Crippen LogP) is 5.04. The summed E-state index contributed by atoms with van der Waals surface area (Å²) in [7, 11) is 0. The van der Waals surface area contributed by atoms with Crippen molar-refractivity contribution in [2.24, 2.45) is 0 Å². The number of unbranched alkanes of at least 4 members (excludes halogenated alkanes) is 6. The van der Waals surface area contributed by atoms with E-state index in [0.29, 0.717) is 13.0 Å². The first kappa shape index (κ1) is 23.6. The lowest BCUT2D eigenvalue weighted by atomic mass is 10.1. The third-order valence-electron chi connectivity index (χ3n) is 3.71. The Morgan fingerprint density at radius 3 is 2.40 bits per heavy atom. The second kappa shape index (κ2) is 18.9. The Morgan fingerprint density at radius 2 is 1.68 bits per heavy atom. The van der Waals surface area contributed by atoms with Crippen LogP contribution in [0.1, 0.15) is 71.1 Å². The molecule has 0 aromatic carbocycles. The maximum absolute atomic E-state index is 10.2. The van der Waals surface area contributed by atoms with E-state index in [4.69, 9.17) is 9.84 Å². The summed E-state index contributed by atoms with van der Waals surface area (Å²) in [5, 5.41) is 18.1. The number of aliphatic hydroxyl groups excluding tert-OH is 1. The number of rotatable bonds is 17. The molecule has 0 aliphatic carbocycles. The first-order valence-electron chi connectivity index (χ1n) is 9.61. The minimum atomic E-state index is -0.899. The van der Waals surface area contributed by atoms with Crippen molar-refractivity contribution in [2.45, 2.75) is 77.2 Å². The molecule has 0 aliphatic heterocycles. The van der Waals surface area contributed by atoms with Gasteiger partial charge in [0.2, 0.25) is 0 Å². The Labute approximate surface area is 153 Å². The van der Waals surface area contributed by atoms with Gasteiger partial charge in [0.05, 0.1) is 6.10 Å². The van der Waals surface area contributed by atoms with Crippen molar-refractivity contribution in [1.82, 2.24) is 0 Å². The molecule has 0 aromatic rings. The minimum absolute atomic E-state index is 0.184.